The van der Waals surface area contributed by atoms with E-state index >= 15 is 0 Å². The number of carbonyl (C=O) groups is 2. The minimum atomic E-state index is -3.49. The Bertz CT molecular complexity index is 932. The van der Waals surface area contributed by atoms with Gasteiger partial charge in [0, 0.05) is 12.6 Å². The molecular formula is C21H24N2O5S. The van der Waals surface area contributed by atoms with Crippen molar-refractivity contribution in [3.8, 4) is 0 Å². The van der Waals surface area contributed by atoms with Crippen molar-refractivity contribution in [2.24, 2.45) is 0 Å². The molecule has 154 valence electrons. The fourth-order valence-electron chi connectivity index (χ4n) is 3.34. The second-order valence-electron chi connectivity index (χ2n) is 6.89. The fourth-order valence-corrected chi connectivity index (χ4v) is 4.96. The summed E-state index contributed by atoms with van der Waals surface area (Å²) >= 11 is 0. The molecule has 2 aromatic carbocycles. The zero-order chi connectivity index (χ0) is 20.7. The van der Waals surface area contributed by atoms with E-state index in [0.29, 0.717) is 13.0 Å². The van der Waals surface area contributed by atoms with Crippen molar-refractivity contribution < 1.29 is 22.7 Å². The Morgan fingerprint density at radius 1 is 1.03 bits per heavy atom. The zero-order valence-electron chi connectivity index (χ0n) is 16.0. The van der Waals surface area contributed by atoms with Crippen LogP contribution in [0.1, 0.15) is 18.4 Å². The van der Waals surface area contributed by atoms with Crippen LogP contribution in [-0.4, -0.2) is 50.2 Å². The second kappa shape index (κ2) is 9.56. The van der Waals surface area contributed by atoms with Gasteiger partial charge in [-0.3, -0.25) is 4.79 Å². The van der Waals surface area contributed by atoms with Crippen molar-refractivity contribution in [3.05, 3.63) is 66.2 Å². The molecule has 0 saturated carbocycles. The third kappa shape index (κ3) is 5.80. The van der Waals surface area contributed by atoms with E-state index in [-0.39, 0.29) is 29.7 Å². The van der Waals surface area contributed by atoms with Crippen molar-refractivity contribution in [2.45, 2.75) is 30.4 Å². The van der Waals surface area contributed by atoms with Gasteiger partial charge >= 0.3 is 6.09 Å². The highest BCUT2D eigenvalue weighted by atomic mass is 32.2. The van der Waals surface area contributed by atoms with E-state index in [1.807, 2.05) is 30.3 Å². The molecule has 8 heteroatoms. The number of alkyl carbamates (subject to hydrolysis) is 1. The molecule has 2 amide bonds. The Morgan fingerprint density at radius 3 is 2.38 bits per heavy atom. The molecule has 0 radical (unpaired) electrons. The molecular weight excluding hydrogens is 392 g/mol. The first-order valence-corrected chi connectivity index (χ1v) is 11.1. The quantitative estimate of drug-likeness (QED) is 0.748. The molecule has 1 saturated heterocycles. The topological polar surface area (TPSA) is 92.8 Å². The van der Waals surface area contributed by atoms with Gasteiger partial charge in [0.15, 0.2) is 9.84 Å². The largest absolute Gasteiger partial charge is 0.445 e. The van der Waals surface area contributed by atoms with Crippen molar-refractivity contribution in [2.75, 3.05) is 18.8 Å². The van der Waals surface area contributed by atoms with E-state index in [0.717, 1.165) is 12.0 Å². The van der Waals surface area contributed by atoms with E-state index < -0.39 is 22.0 Å². The molecule has 0 bridgehead atoms. The van der Waals surface area contributed by atoms with Gasteiger partial charge in [-0.25, -0.2) is 13.2 Å². The fraction of sp³-hybridized carbons (Fsp3) is 0.333. The lowest BCUT2D eigenvalue weighted by Crippen LogP contribution is -2.45. The monoisotopic (exact) mass is 416 g/mol. The maximum absolute atomic E-state index is 12.6. The summed E-state index contributed by atoms with van der Waals surface area (Å²) in [6, 6.07) is 17.1. The van der Waals surface area contributed by atoms with Crippen LogP contribution in [0.5, 0.6) is 0 Å². The molecule has 1 atom stereocenters. The van der Waals surface area contributed by atoms with E-state index in [2.05, 4.69) is 5.32 Å². The van der Waals surface area contributed by atoms with Crippen LogP contribution < -0.4 is 5.32 Å². The summed E-state index contributed by atoms with van der Waals surface area (Å²) in [5.74, 6) is -0.436. The summed E-state index contributed by atoms with van der Waals surface area (Å²) in [5, 5.41) is 2.44. The molecule has 29 heavy (non-hydrogen) atoms. The van der Waals surface area contributed by atoms with Crippen molar-refractivity contribution in [1.82, 2.24) is 10.2 Å². The standard InChI is InChI=1S/C21H24N2O5S/c24-20(14-22-21(25)28-15-17-8-3-1-4-9-17)23-13-7-10-18(23)16-29(26,27)19-11-5-2-6-12-19/h1-6,8-9,11-12,18H,7,10,13-16H2,(H,22,25). The van der Waals surface area contributed by atoms with Crippen LogP contribution in [0.25, 0.3) is 0 Å². The third-order valence-corrected chi connectivity index (χ3v) is 6.62. The van der Waals surface area contributed by atoms with Gasteiger partial charge in [-0.1, -0.05) is 48.5 Å². The Labute approximate surface area is 170 Å². The van der Waals surface area contributed by atoms with Gasteiger partial charge in [0.1, 0.15) is 13.2 Å². The molecule has 1 heterocycles. The van der Waals surface area contributed by atoms with Crippen LogP contribution in [0, 0.1) is 0 Å². The van der Waals surface area contributed by atoms with Crippen molar-refractivity contribution in [3.63, 3.8) is 0 Å². The van der Waals surface area contributed by atoms with Gasteiger partial charge in [-0.2, -0.15) is 0 Å². The molecule has 1 N–H and O–H groups in total. The van der Waals surface area contributed by atoms with Gasteiger partial charge in [0.05, 0.1) is 10.6 Å². The van der Waals surface area contributed by atoms with Crippen LogP contribution in [-0.2, 0) is 26.0 Å². The van der Waals surface area contributed by atoms with Crippen molar-refractivity contribution >= 4 is 21.8 Å². The summed E-state index contributed by atoms with van der Waals surface area (Å²) in [6.07, 6.45) is 0.671. The number of amides is 2. The maximum Gasteiger partial charge on any atom is 0.407 e. The molecule has 3 rings (SSSR count). The highest BCUT2D eigenvalue weighted by Gasteiger charge is 2.33. The Hall–Kier alpha value is -2.87. The number of carbonyl (C=O) groups excluding carboxylic acids is 2. The van der Waals surface area contributed by atoms with E-state index in [4.69, 9.17) is 4.74 Å². The normalized spacial score (nSPS) is 16.4. The summed E-state index contributed by atoms with van der Waals surface area (Å²) < 4.78 is 30.3. The molecule has 0 aromatic heterocycles. The molecule has 7 nitrogen and oxygen atoms in total. The number of ether oxygens (including phenoxy) is 1. The number of rotatable bonds is 7. The van der Waals surface area contributed by atoms with Gasteiger partial charge in [-0.15, -0.1) is 0 Å². The summed E-state index contributed by atoms with van der Waals surface area (Å²) in [5.41, 5.74) is 0.847. The first-order valence-electron chi connectivity index (χ1n) is 9.47. The molecule has 1 unspecified atom stereocenters. The molecule has 0 aliphatic carbocycles. The number of nitrogens with one attached hydrogen (secondary N) is 1. The smallest absolute Gasteiger partial charge is 0.407 e. The van der Waals surface area contributed by atoms with Gasteiger partial charge in [0.2, 0.25) is 5.91 Å². The predicted octanol–water partition coefficient (Wildman–Crippen LogP) is 2.38. The Balaban J connectivity index is 1.50. The minimum Gasteiger partial charge on any atom is -0.445 e. The van der Waals surface area contributed by atoms with Gasteiger partial charge in [0.25, 0.3) is 0 Å². The summed E-state index contributed by atoms with van der Waals surface area (Å²) in [4.78, 5) is 26.1. The number of benzene rings is 2. The highest BCUT2D eigenvalue weighted by Crippen LogP contribution is 2.22. The van der Waals surface area contributed by atoms with Crippen LogP contribution in [0.3, 0.4) is 0 Å². The number of sulfone groups is 1. The molecule has 1 aliphatic heterocycles. The van der Waals surface area contributed by atoms with E-state index in [1.165, 1.54) is 4.90 Å². The lowest BCUT2D eigenvalue weighted by molar-refractivity contribution is -0.130. The molecule has 1 aliphatic rings. The minimum absolute atomic E-state index is 0.114. The third-order valence-electron chi connectivity index (χ3n) is 4.81. The number of nitrogens with zero attached hydrogens (tertiary/aromatic N) is 1. The maximum atomic E-state index is 12.6. The average molecular weight is 416 g/mol. The Morgan fingerprint density at radius 2 is 1.69 bits per heavy atom. The molecule has 2 aromatic rings. The van der Waals surface area contributed by atoms with Gasteiger partial charge < -0.3 is 15.0 Å². The lowest BCUT2D eigenvalue weighted by Gasteiger charge is -2.24. The van der Waals surface area contributed by atoms with E-state index in [9.17, 15) is 18.0 Å². The van der Waals surface area contributed by atoms with E-state index in [1.54, 1.807) is 30.3 Å². The van der Waals surface area contributed by atoms with Crippen LogP contribution >= 0.6 is 0 Å². The molecule has 1 fully saturated rings. The number of hydrogen-bond donors (Lipinski definition) is 1. The predicted molar refractivity (Wildman–Crippen MR) is 108 cm³/mol. The zero-order valence-corrected chi connectivity index (χ0v) is 16.8. The Kier molecular flexibility index (Phi) is 6.87. The summed E-state index contributed by atoms with van der Waals surface area (Å²) in [7, 11) is -3.49. The highest BCUT2D eigenvalue weighted by molar-refractivity contribution is 7.91. The SMILES string of the molecule is O=C(NCC(=O)N1CCCC1CS(=O)(=O)c1ccccc1)OCc1ccccc1. The lowest BCUT2D eigenvalue weighted by atomic mass is 10.2. The number of likely N-dealkylation sites (tertiary alicyclic amines) is 1. The average Bonchev–Trinajstić information content (AvgIpc) is 3.19. The van der Waals surface area contributed by atoms with Crippen LogP contribution in [0.4, 0.5) is 4.79 Å². The number of hydrogen-bond acceptors (Lipinski definition) is 5. The molecule has 0 spiro atoms. The summed E-state index contributed by atoms with van der Waals surface area (Å²) in [6.45, 7) is 0.368. The van der Waals surface area contributed by atoms with Crippen molar-refractivity contribution in [1.29, 1.82) is 0 Å². The van der Waals surface area contributed by atoms with Crippen LogP contribution in [0.2, 0.25) is 0 Å². The first kappa shape index (κ1) is 20.9. The first-order chi connectivity index (χ1) is 14.0. The van der Waals surface area contributed by atoms with Gasteiger partial charge in [-0.05, 0) is 30.5 Å². The van der Waals surface area contributed by atoms with Crippen LogP contribution in [0.15, 0.2) is 65.6 Å². The second-order valence-corrected chi connectivity index (χ2v) is 8.93.